The monoisotopic (exact) mass is 267 g/mol. The van der Waals surface area contributed by atoms with Crippen LogP contribution < -0.4 is 15.2 Å². The summed E-state index contributed by atoms with van der Waals surface area (Å²) < 4.78 is 27.4. The van der Waals surface area contributed by atoms with Crippen molar-refractivity contribution in [3.05, 3.63) is 35.4 Å². The Balaban J connectivity index is 2.79. The summed E-state index contributed by atoms with van der Waals surface area (Å²) in [4.78, 5) is 0. The first-order valence-corrected chi connectivity index (χ1v) is 6.96. The van der Waals surface area contributed by atoms with Crippen molar-refractivity contribution in [1.82, 2.24) is 9.44 Å². The molecule has 1 unspecified atom stereocenters. The maximum absolute atomic E-state index is 11.3. The lowest BCUT2D eigenvalue weighted by Gasteiger charge is -2.13. The van der Waals surface area contributed by atoms with E-state index in [2.05, 4.69) is 21.3 Å². The third-order valence-electron chi connectivity index (χ3n) is 2.35. The van der Waals surface area contributed by atoms with Crippen molar-refractivity contribution in [1.29, 1.82) is 0 Å². The number of hydrogen-bond donors (Lipinski definition) is 3. The Hall–Kier alpha value is -1.39. The summed E-state index contributed by atoms with van der Waals surface area (Å²) in [7, 11) is -2.07. The van der Waals surface area contributed by atoms with Crippen LogP contribution >= 0.6 is 0 Å². The van der Waals surface area contributed by atoms with E-state index in [4.69, 9.17) is 5.73 Å². The summed E-state index contributed by atoms with van der Waals surface area (Å²) in [6.07, 6.45) is 0. The Morgan fingerprint density at radius 2 is 1.94 bits per heavy atom. The highest BCUT2D eigenvalue weighted by Gasteiger charge is 2.12. The van der Waals surface area contributed by atoms with Crippen LogP contribution in [0.15, 0.2) is 24.3 Å². The predicted molar refractivity (Wildman–Crippen MR) is 71.9 cm³/mol. The van der Waals surface area contributed by atoms with Crippen molar-refractivity contribution in [2.45, 2.75) is 13.0 Å². The number of rotatable bonds is 4. The van der Waals surface area contributed by atoms with Gasteiger partial charge in [-0.25, -0.2) is 4.72 Å². The molecular formula is C12H17N3O2S. The molecule has 0 fully saturated rings. The fourth-order valence-corrected chi connectivity index (χ4v) is 2.09. The van der Waals surface area contributed by atoms with Crippen LogP contribution in [0, 0.1) is 11.8 Å². The first kappa shape index (κ1) is 14.7. The van der Waals surface area contributed by atoms with Crippen LogP contribution in [0.4, 0.5) is 0 Å². The van der Waals surface area contributed by atoms with Gasteiger partial charge < -0.3 is 5.73 Å². The number of nitrogens with one attached hydrogen (secondary N) is 2. The van der Waals surface area contributed by atoms with E-state index in [1.165, 1.54) is 7.05 Å². The van der Waals surface area contributed by atoms with Gasteiger partial charge in [0.15, 0.2) is 0 Å². The molecule has 18 heavy (non-hydrogen) atoms. The Morgan fingerprint density at radius 1 is 1.33 bits per heavy atom. The average Bonchev–Trinajstić information content (AvgIpc) is 2.36. The van der Waals surface area contributed by atoms with E-state index in [0.717, 1.165) is 11.1 Å². The van der Waals surface area contributed by atoms with Crippen LogP contribution in [0.3, 0.4) is 0 Å². The maximum atomic E-state index is 11.3. The molecule has 0 aliphatic heterocycles. The highest BCUT2D eigenvalue weighted by atomic mass is 32.2. The minimum atomic E-state index is -3.44. The lowest BCUT2D eigenvalue weighted by Crippen LogP contribution is -2.35. The number of hydrogen-bond acceptors (Lipinski definition) is 3. The van der Waals surface area contributed by atoms with Crippen LogP contribution in [-0.2, 0) is 10.2 Å². The summed E-state index contributed by atoms with van der Waals surface area (Å²) in [6.45, 7) is 2.09. The van der Waals surface area contributed by atoms with E-state index in [1.54, 1.807) is 6.92 Å². The SMILES string of the molecule is CNS(=O)(=O)NC(C)c1ccc(C#CCN)cc1. The number of nitrogens with two attached hydrogens (primary N) is 1. The van der Waals surface area contributed by atoms with E-state index in [-0.39, 0.29) is 6.04 Å². The first-order chi connectivity index (χ1) is 8.48. The molecule has 0 aromatic heterocycles. The molecule has 1 rings (SSSR count). The highest BCUT2D eigenvalue weighted by molar-refractivity contribution is 7.87. The van der Waals surface area contributed by atoms with Crippen molar-refractivity contribution < 1.29 is 8.42 Å². The molecule has 0 spiro atoms. The molecule has 1 atom stereocenters. The lowest BCUT2D eigenvalue weighted by atomic mass is 10.1. The average molecular weight is 267 g/mol. The van der Waals surface area contributed by atoms with Crippen molar-refractivity contribution in [3.63, 3.8) is 0 Å². The Labute approximate surface area is 108 Å². The normalized spacial score (nSPS) is 12.6. The van der Waals surface area contributed by atoms with Crippen LogP contribution in [-0.4, -0.2) is 22.0 Å². The van der Waals surface area contributed by atoms with Gasteiger partial charge in [-0.1, -0.05) is 24.0 Å². The van der Waals surface area contributed by atoms with E-state index in [1.807, 2.05) is 24.3 Å². The van der Waals surface area contributed by atoms with E-state index in [0.29, 0.717) is 6.54 Å². The fourth-order valence-electron chi connectivity index (χ4n) is 1.37. The Bertz CT molecular complexity index is 541. The van der Waals surface area contributed by atoms with E-state index >= 15 is 0 Å². The topological polar surface area (TPSA) is 84.2 Å². The second-order valence-electron chi connectivity index (χ2n) is 3.68. The maximum Gasteiger partial charge on any atom is 0.277 e. The summed E-state index contributed by atoms with van der Waals surface area (Å²) in [5.41, 5.74) is 7.00. The molecule has 98 valence electrons. The standard InChI is InChI=1S/C12H17N3O2S/c1-10(15-18(16,17)14-2)12-7-5-11(6-8-12)4-3-9-13/h5-8,10,14-15H,9,13H2,1-2H3. The molecule has 0 bridgehead atoms. The van der Waals surface area contributed by atoms with Gasteiger partial charge in [-0.2, -0.15) is 13.1 Å². The zero-order valence-corrected chi connectivity index (χ0v) is 11.2. The highest BCUT2D eigenvalue weighted by Crippen LogP contribution is 2.13. The minimum Gasteiger partial charge on any atom is -0.320 e. The van der Waals surface area contributed by atoms with Gasteiger partial charge in [0.25, 0.3) is 10.2 Å². The molecular weight excluding hydrogens is 250 g/mol. The van der Waals surface area contributed by atoms with Crippen molar-refractivity contribution in [2.75, 3.05) is 13.6 Å². The van der Waals surface area contributed by atoms with Gasteiger partial charge in [-0.15, -0.1) is 0 Å². The smallest absolute Gasteiger partial charge is 0.277 e. The summed E-state index contributed by atoms with van der Waals surface area (Å²) in [5.74, 6) is 5.66. The first-order valence-electron chi connectivity index (χ1n) is 5.48. The minimum absolute atomic E-state index is 0.307. The van der Waals surface area contributed by atoms with Gasteiger partial charge in [0.1, 0.15) is 0 Å². The van der Waals surface area contributed by atoms with Crippen LogP contribution in [0.5, 0.6) is 0 Å². The van der Waals surface area contributed by atoms with Crippen molar-refractivity contribution >= 4 is 10.2 Å². The molecule has 1 aromatic rings. The van der Waals surface area contributed by atoms with Gasteiger partial charge in [0.2, 0.25) is 0 Å². The molecule has 0 saturated carbocycles. The molecule has 0 heterocycles. The predicted octanol–water partition coefficient (Wildman–Crippen LogP) is 0.112. The zero-order chi connectivity index (χ0) is 13.6. The summed E-state index contributed by atoms with van der Waals surface area (Å²) in [6, 6.07) is 7.04. The molecule has 5 nitrogen and oxygen atoms in total. The largest absolute Gasteiger partial charge is 0.320 e. The van der Waals surface area contributed by atoms with E-state index in [9.17, 15) is 8.42 Å². The lowest BCUT2D eigenvalue weighted by molar-refractivity contribution is 0.558. The van der Waals surface area contributed by atoms with E-state index < -0.39 is 10.2 Å². The van der Waals surface area contributed by atoms with Gasteiger partial charge in [-0.3, -0.25) is 0 Å². The zero-order valence-electron chi connectivity index (χ0n) is 10.4. The Kier molecular flexibility index (Phi) is 5.31. The van der Waals surface area contributed by atoms with Crippen molar-refractivity contribution in [3.8, 4) is 11.8 Å². The summed E-state index contributed by atoms with van der Waals surface area (Å²) >= 11 is 0. The molecule has 1 aromatic carbocycles. The van der Waals surface area contributed by atoms with Gasteiger partial charge in [0.05, 0.1) is 6.54 Å². The second-order valence-corrected chi connectivity index (χ2v) is 5.33. The molecule has 0 aliphatic carbocycles. The van der Waals surface area contributed by atoms with Gasteiger partial charge in [-0.05, 0) is 24.6 Å². The molecule has 0 aliphatic rings. The molecule has 4 N–H and O–H groups in total. The third-order valence-corrected chi connectivity index (χ3v) is 3.55. The fraction of sp³-hybridized carbons (Fsp3) is 0.333. The van der Waals surface area contributed by atoms with Crippen LogP contribution in [0.1, 0.15) is 24.1 Å². The molecule has 6 heteroatoms. The van der Waals surface area contributed by atoms with Gasteiger partial charge >= 0.3 is 0 Å². The number of benzene rings is 1. The van der Waals surface area contributed by atoms with Crippen molar-refractivity contribution in [2.24, 2.45) is 5.73 Å². The van der Waals surface area contributed by atoms with Crippen LogP contribution in [0.25, 0.3) is 0 Å². The summed E-state index contributed by atoms with van der Waals surface area (Å²) in [5, 5.41) is 0. The van der Waals surface area contributed by atoms with Crippen LogP contribution in [0.2, 0.25) is 0 Å². The molecule has 0 saturated heterocycles. The molecule has 0 radical (unpaired) electrons. The quantitative estimate of drug-likeness (QED) is 0.677. The second kappa shape index (κ2) is 6.52. The van der Waals surface area contributed by atoms with Gasteiger partial charge in [0, 0.05) is 18.7 Å². The Morgan fingerprint density at radius 3 is 2.44 bits per heavy atom. The molecule has 0 amide bonds. The third kappa shape index (κ3) is 4.47.